The topological polar surface area (TPSA) is 72.9 Å². The predicted molar refractivity (Wildman–Crippen MR) is 81.5 cm³/mol. The number of nitrogens with zero attached hydrogens (tertiary/aromatic N) is 4. The van der Waals surface area contributed by atoms with Crippen LogP contribution < -0.4 is 0 Å². The Kier molecular flexibility index (Phi) is 3.27. The lowest BCUT2D eigenvalue weighted by atomic mass is 10.1. The zero-order valence-corrected chi connectivity index (χ0v) is 13.6. The number of aliphatic carboxylic acids is 1. The van der Waals surface area contributed by atoms with E-state index < -0.39 is 5.97 Å². The number of imidazole rings is 1. The molecule has 2 aromatic rings. The van der Waals surface area contributed by atoms with E-state index in [1.165, 1.54) is 18.2 Å². The van der Waals surface area contributed by atoms with Gasteiger partial charge in [-0.1, -0.05) is 25.6 Å². The molecule has 1 atom stereocenters. The van der Waals surface area contributed by atoms with Crippen LogP contribution in [0.25, 0.3) is 11.2 Å². The molecule has 0 radical (unpaired) electrons. The van der Waals surface area contributed by atoms with Crippen molar-refractivity contribution >= 4 is 28.9 Å². The van der Waals surface area contributed by atoms with Gasteiger partial charge in [-0.25, -0.2) is 4.98 Å². The Morgan fingerprint density at radius 2 is 2.19 bits per heavy atom. The van der Waals surface area contributed by atoms with Crippen LogP contribution in [0.2, 0.25) is 0 Å². The lowest BCUT2D eigenvalue weighted by molar-refractivity contribution is -0.133. The van der Waals surface area contributed by atoms with Crippen LogP contribution in [-0.2, 0) is 18.4 Å². The van der Waals surface area contributed by atoms with E-state index in [-0.39, 0.29) is 5.75 Å². The molecular formula is C14H20N4O2S. The van der Waals surface area contributed by atoms with Crippen LogP contribution in [-0.4, -0.2) is 36.2 Å². The molecule has 1 aliphatic carbocycles. The van der Waals surface area contributed by atoms with Gasteiger partial charge in [0.1, 0.15) is 5.52 Å². The molecule has 0 saturated heterocycles. The van der Waals surface area contributed by atoms with Gasteiger partial charge in [-0.15, -0.1) is 0 Å². The van der Waals surface area contributed by atoms with E-state index in [2.05, 4.69) is 28.5 Å². The van der Waals surface area contributed by atoms with Crippen molar-refractivity contribution in [1.82, 2.24) is 19.3 Å². The van der Waals surface area contributed by atoms with Crippen molar-refractivity contribution in [2.24, 2.45) is 18.4 Å². The van der Waals surface area contributed by atoms with Gasteiger partial charge in [0.25, 0.3) is 0 Å². The molecule has 1 N–H and O–H groups in total. The highest BCUT2D eigenvalue weighted by molar-refractivity contribution is 7.99. The fourth-order valence-corrected chi connectivity index (χ4v) is 3.55. The lowest BCUT2D eigenvalue weighted by Crippen LogP contribution is -2.09. The second-order valence-corrected chi connectivity index (χ2v) is 7.40. The fraction of sp³-hybridized carbons (Fsp3) is 0.643. The molecule has 7 heteroatoms. The third-order valence-corrected chi connectivity index (χ3v) is 5.26. The smallest absolute Gasteiger partial charge is 0.313 e. The third-order valence-electron chi connectivity index (χ3n) is 4.30. The number of carboxylic acid groups (broad SMARTS) is 1. The number of rotatable bonds is 5. The minimum atomic E-state index is -0.819. The van der Waals surface area contributed by atoms with Gasteiger partial charge in [0.15, 0.2) is 10.8 Å². The minimum Gasteiger partial charge on any atom is -0.481 e. The number of fused-ring (bicyclic) bond motifs is 1. The van der Waals surface area contributed by atoms with Crippen LogP contribution in [0.15, 0.2) is 5.16 Å². The van der Waals surface area contributed by atoms with Crippen molar-refractivity contribution < 1.29 is 9.90 Å². The summed E-state index contributed by atoms with van der Waals surface area (Å²) in [5.74, 6) is -0.168. The summed E-state index contributed by atoms with van der Waals surface area (Å²) in [5, 5.41) is 14.1. The Bertz CT molecular complexity index is 716. The fourth-order valence-electron chi connectivity index (χ4n) is 2.82. The number of hydrogen-bond donors (Lipinski definition) is 1. The first kappa shape index (κ1) is 14.4. The lowest BCUT2D eigenvalue weighted by Gasteiger charge is -2.10. The summed E-state index contributed by atoms with van der Waals surface area (Å²) in [6.07, 6.45) is 1.20. The highest BCUT2D eigenvalue weighted by Crippen LogP contribution is 2.53. The van der Waals surface area contributed by atoms with Crippen molar-refractivity contribution in [3.63, 3.8) is 0 Å². The van der Waals surface area contributed by atoms with Crippen LogP contribution in [0.3, 0.4) is 0 Å². The van der Waals surface area contributed by atoms with Crippen molar-refractivity contribution in [3.8, 4) is 0 Å². The number of thioether (sulfide) groups is 1. The predicted octanol–water partition coefficient (Wildman–Crippen LogP) is 2.30. The molecule has 0 aromatic carbocycles. The average molecular weight is 308 g/mol. The zero-order chi connectivity index (χ0) is 15.4. The Hall–Kier alpha value is -1.50. The van der Waals surface area contributed by atoms with Crippen LogP contribution in [0.4, 0.5) is 0 Å². The average Bonchev–Trinajstić information content (AvgIpc) is 2.72. The van der Waals surface area contributed by atoms with Gasteiger partial charge in [0.2, 0.25) is 0 Å². The molecule has 0 amide bonds. The van der Waals surface area contributed by atoms with Crippen LogP contribution in [0.1, 0.15) is 26.0 Å². The summed E-state index contributed by atoms with van der Waals surface area (Å²) in [4.78, 5) is 15.4. The van der Waals surface area contributed by atoms with Gasteiger partial charge in [-0.3, -0.25) is 9.48 Å². The first-order valence-corrected chi connectivity index (χ1v) is 8.02. The zero-order valence-electron chi connectivity index (χ0n) is 12.8. The minimum absolute atomic E-state index is 0.0316. The molecule has 0 bridgehead atoms. The molecule has 114 valence electrons. The molecule has 2 heterocycles. The van der Waals surface area contributed by atoms with E-state index in [0.717, 1.165) is 28.6 Å². The first-order valence-electron chi connectivity index (χ1n) is 7.04. The van der Waals surface area contributed by atoms with Crippen LogP contribution in [0.5, 0.6) is 0 Å². The molecule has 3 rings (SSSR count). The number of hydrogen-bond acceptors (Lipinski definition) is 4. The number of aryl methyl sites for hydroxylation is 2. The molecule has 1 fully saturated rings. The maximum absolute atomic E-state index is 10.8. The molecule has 0 aliphatic heterocycles. The molecule has 2 aromatic heterocycles. The maximum Gasteiger partial charge on any atom is 0.313 e. The first-order chi connectivity index (χ1) is 9.79. The highest BCUT2D eigenvalue weighted by Gasteiger charge is 2.46. The summed E-state index contributed by atoms with van der Waals surface area (Å²) < 4.78 is 3.99. The molecule has 0 spiro atoms. The molecule has 1 aliphatic rings. The standard InChI is InChI=1S/C14H20N4O2S/c1-8-11-12(17(4)16-8)18(6-9-5-14(9,2)3)13(15-11)21-7-10(19)20/h9H,5-7H2,1-4H3,(H,19,20). The summed E-state index contributed by atoms with van der Waals surface area (Å²) in [7, 11) is 1.91. The SMILES string of the molecule is Cc1nn(C)c2c1nc(SCC(=O)O)n2CC1CC1(C)C. The van der Waals surface area contributed by atoms with Gasteiger partial charge in [0.05, 0.1) is 11.4 Å². The van der Waals surface area contributed by atoms with E-state index in [9.17, 15) is 4.79 Å². The van der Waals surface area contributed by atoms with Gasteiger partial charge in [-0.05, 0) is 24.7 Å². The number of carbonyl (C=O) groups is 1. The molecule has 1 unspecified atom stereocenters. The second kappa shape index (κ2) is 4.76. The third kappa shape index (κ3) is 2.54. The molecule has 6 nitrogen and oxygen atoms in total. The van der Waals surface area contributed by atoms with Crippen molar-refractivity contribution in [3.05, 3.63) is 5.69 Å². The van der Waals surface area contributed by atoms with Gasteiger partial charge in [0, 0.05) is 13.6 Å². The summed E-state index contributed by atoms with van der Waals surface area (Å²) in [6.45, 7) is 7.35. The summed E-state index contributed by atoms with van der Waals surface area (Å²) in [5.41, 5.74) is 3.13. The van der Waals surface area contributed by atoms with E-state index in [1.54, 1.807) is 0 Å². The summed E-state index contributed by atoms with van der Waals surface area (Å²) >= 11 is 1.28. The van der Waals surface area contributed by atoms with Crippen molar-refractivity contribution in [2.75, 3.05) is 5.75 Å². The Balaban J connectivity index is 1.99. The Morgan fingerprint density at radius 1 is 1.52 bits per heavy atom. The van der Waals surface area contributed by atoms with Gasteiger partial charge < -0.3 is 9.67 Å². The van der Waals surface area contributed by atoms with Gasteiger partial charge in [-0.2, -0.15) is 5.10 Å². The second-order valence-electron chi connectivity index (χ2n) is 6.46. The van der Waals surface area contributed by atoms with E-state index in [1.807, 2.05) is 18.7 Å². The Labute approximate surface area is 127 Å². The molecule has 21 heavy (non-hydrogen) atoms. The van der Waals surface area contributed by atoms with Gasteiger partial charge >= 0.3 is 5.97 Å². The van der Waals surface area contributed by atoms with Crippen molar-refractivity contribution in [1.29, 1.82) is 0 Å². The normalized spacial score (nSPS) is 20.1. The van der Waals surface area contributed by atoms with E-state index >= 15 is 0 Å². The highest BCUT2D eigenvalue weighted by atomic mass is 32.2. The van der Waals surface area contributed by atoms with E-state index in [4.69, 9.17) is 5.11 Å². The number of carboxylic acids is 1. The quantitative estimate of drug-likeness (QED) is 0.858. The van der Waals surface area contributed by atoms with Crippen molar-refractivity contribution in [2.45, 2.75) is 38.9 Å². The maximum atomic E-state index is 10.8. The monoisotopic (exact) mass is 308 g/mol. The molecular weight excluding hydrogens is 288 g/mol. The Morgan fingerprint density at radius 3 is 2.76 bits per heavy atom. The van der Waals surface area contributed by atoms with Crippen LogP contribution in [0, 0.1) is 18.3 Å². The van der Waals surface area contributed by atoms with Crippen LogP contribution >= 0.6 is 11.8 Å². The number of aromatic nitrogens is 4. The van der Waals surface area contributed by atoms with E-state index in [0.29, 0.717) is 11.3 Å². The summed E-state index contributed by atoms with van der Waals surface area (Å²) in [6, 6.07) is 0. The largest absolute Gasteiger partial charge is 0.481 e. The molecule has 1 saturated carbocycles.